The normalized spacial score (nSPS) is 12.9. The highest BCUT2D eigenvalue weighted by Crippen LogP contribution is 2.48. The highest BCUT2D eigenvalue weighted by molar-refractivity contribution is 7.87. The van der Waals surface area contributed by atoms with Gasteiger partial charge in [0.2, 0.25) is 0 Å². The number of fused-ring (bicyclic) bond motifs is 1. The second-order valence-electron chi connectivity index (χ2n) is 12.3. The molecule has 6 aromatic carbocycles. The Hall–Kier alpha value is -6.78. The van der Waals surface area contributed by atoms with Crippen molar-refractivity contribution in [3.63, 3.8) is 0 Å². The van der Waals surface area contributed by atoms with Crippen LogP contribution in [0, 0.1) is 0 Å². The molecule has 22 nitrogen and oxygen atoms in total. The van der Waals surface area contributed by atoms with Gasteiger partial charge in [-0.1, -0.05) is 30.3 Å². The van der Waals surface area contributed by atoms with Gasteiger partial charge in [-0.05, 0) is 72.1 Å². The minimum absolute atomic E-state index is 0.140. The Labute approximate surface area is 339 Å². The van der Waals surface area contributed by atoms with Crippen LogP contribution in [0.2, 0.25) is 0 Å². The van der Waals surface area contributed by atoms with E-state index in [1.807, 2.05) is 0 Å². The maximum Gasteiger partial charge on any atom is 0.296 e. The number of benzene rings is 6. The summed E-state index contributed by atoms with van der Waals surface area (Å²) < 4.78 is 141. The Kier molecular flexibility index (Phi) is 11.2. The van der Waals surface area contributed by atoms with Crippen LogP contribution in [0.3, 0.4) is 0 Å². The van der Waals surface area contributed by atoms with E-state index in [0.29, 0.717) is 23.9 Å². The highest BCUT2D eigenvalue weighted by atomic mass is 32.2. The quantitative estimate of drug-likeness (QED) is 0.0362. The molecule has 0 aliphatic rings. The molecule has 60 heavy (non-hydrogen) atoms. The summed E-state index contributed by atoms with van der Waals surface area (Å²) >= 11 is 0. The number of anilines is 3. The van der Waals surface area contributed by atoms with Gasteiger partial charge in [0.1, 0.15) is 36.6 Å². The molecular weight excluding hydrogens is 871 g/mol. The fraction of sp³-hybridized carbons (Fsp3) is 0. The first-order valence-electron chi connectivity index (χ1n) is 16.2. The van der Waals surface area contributed by atoms with Crippen molar-refractivity contribution in [2.75, 3.05) is 17.2 Å². The van der Waals surface area contributed by atoms with Gasteiger partial charge in [-0.15, -0.1) is 15.3 Å². The highest BCUT2D eigenvalue weighted by Gasteiger charge is 2.29. The van der Waals surface area contributed by atoms with Crippen molar-refractivity contribution in [2.45, 2.75) is 19.6 Å². The summed E-state index contributed by atoms with van der Waals surface area (Å²) in [7, 11) is -20.9. The number of hydrogen-bond donors (Lipinski definition) is 8. The molecule has 6 rings (SSSR count). The summed E-state index contributed by atoms with van der Waals surface area (Å²) in [5.41, 5.74) is 14.6. The van der Waals surface area contributed by atoms with Gasteiger partial charge in [0.15, 0.2) is 5.75 Å². The van der Waals surface area contributed by atoms with Gasteiger partial charge in [0, 0.05) is 16.8 Å². The largest absolute Gasteiger partial charge is 0.505 e. The van der Waals surface area contributed by atoms with Crippen molar-refractivity contribution in [3.8, 4) is 16.9 Å². The van der Waals surface area contributed by atoms with E-state index in [0.717, 1.165) is 24.3 Å². The summed E-state index contributed by atoms with van der Waals surface area (Å²) in [5, 5.41) is 33.3. The van der Waals surface area contributed by atoms with E-state index in [2.05, 4.69) is 30.7 Å². The smallest absolute Gasteiger partial charge is 0.296 e. The first-order chi connectivity index (χ1) is 27.9. The maximum absolute atomic E-state index is 12.7. The number of nitrogen functional groups attached to an aromatic ring is 3. The average Bonchev–Trinajstić information content (AvgIpc) is 3.15. The molecule has 0 amide bonds. The summed E-state index contributed by atoms with van der Waals surface area (Å²) in [6.07, 6.45) is 0. The van der Waals surface area contributed by atoms with Crippen molar-refractivity contribution in [2.24, 2.45) is 30.7 Å². The average molecular weight is 898 g/mol. The third kappa shape index (κ3) is 9.09. The van der Waals surface area contributed by atoms with Crippen molar-refractivity contribution in [1.82, 2.24) is 0 Å². The van der Waals surface area contributed by atoms with E-state index in [1.165, 1.54) is 36.4 Å². The number of phenols is 1. The van der Waals surface area contributed by atoms with E-state index < -0.39 is 110 Å². The van der Waals surface area contributed by atoms with E-state index in [1.54, 1.807) is 18.2 Å². The fourth-order valence-corrected chi connectivity index (χ4v) is 8.39. The summed E-state index contributed by atoms with van der Waals surface area (Å²) in [5.74, 6) is -1.04. The molecule has 0 spiro atoms. The standard InChI is InChI=1S/C34H27N9O13S4/c35-18-6-11-25(24(36)14-18)41-39-20-7-9-22(26(15-20)57(45,46)47)23-10-8-21(16-27(23)58(48,49)50)40-42-32-28(59(51,52)53)12-17-13-29(60(54,55)56)33(34(44)30(17)31(32)37)43-38-19-4-2-1-3-5-19/h1-16,44H,35-37H2,(H,45,46,47)(H,48,49,50)(H,51,52,53)(H,54,55,56). The summed E-state index contributed by atoms with van der Waals surface area (Å²) in [6.45, 7) is 0. The Balaban J connectivity index is 1.49. The van der Waals surface area contributed by atoms with Crippen LogP contribution in [0.15, 0.2) is 147 Å². The molecule has 0 heterocycles. The molecule has 0 bridgehead atoms. The van der Waals surface area contributed by atoms with E-state index in [9.17, 15) is 57.0 Å². The van der Waals surface area contributed by atoms with Gasteiger partial charge in [-0.25, -0.2) is 0 Å². The SMILES string of the molecule is Nc1ccc(N=Nc2ccc(-c3ccc(N=Nc4c(S(=O)(=O)O)cc5cc(S(=O)(=O)O)c(N=Nc6ccccc6)c(O)c5c4N)cc3S(=O)(=O)O)c(S(=O)(=O)O)c2)c(N)c1. The zero-order valence-electron chi connectivity index (χ0n) is 29.8. The molecule has 0 unspecified atom stereocenters. The van der Waals surface area contributed by atoms with Crippen LogP contribution in [-0.4, -0.2) is 57.0 Å². The molecule has 0 saturated heterocycles. The summed E-state index contributed by atoms with van der Waals surface area (Å²) in [4.78, 5) is -3.99. The number of nitrogens with two attached hydrogens (primary N) is 3. The van der Waals surface area contributed by atoms with E-state index in [-0.39, 0.29) is 22.7 Å². The van der Waals surface area contributed by atoms with Gasteiger partial charge < -0.3 is 22.3 Å². The van der Waals surface area contributed by atoms with Gasteiger partial charge in [-0.3, -0.25) is 18.2 Å². The molecule has 0 radical (unpaired) electrons. The maximum atomic E-state index is 12.7. The molecular formula is C34H27N9O13S4. The Bertz CT molecular complexity index is 3310. The van der Waals surface area contributed by atoms with Crippen LogP contribution in [0.25, 0.3) is 21.9 Å². The number of aromatic hydroxyl groups is 1. The van der Waals surface area contributed by atoms with Gasteiger partial charge in [0.25, 0.3) is 40.5 Å². The number of rotatable bonds is 11. The Morgan fingerprint density at radius 2 is 0.917 bits per heavy atom. The van der Waals surface area contributed by atoms with Crippen LogP contribution in [0.1, 0.15) is 0 Å². The molecule has 26 heteroatoms. The second kappa shape index (κ2) is 15.8. The molecule has 0 aliphatic carbocycles. The second-order valence-corrected chi connectivity index (χ2v) is 17.9. The Morgan fingerprint density at radius 1 is 0.450 bits per heavy atom. The zero-order valence-corrected chi connectivity index (χ0v) is 33.1. The molecule has 310 valence electrons. The lowest BCUT2D eigenvalue weighted by Crippen LogP contribution is -2.05. The van der Waals surface area contributed by atoms with Gasteiger partial charge in [-0.2, -0.15) is 49.0 Å². The van der Waals surface area contributed by atoms with Crippen molar-refractivity contribution in [1.29, 1.82) is 0 Å². The number of hydrogen-bond acceptors (Lipinski definition) is 18. The molecule has 6 aromatic rings. The summed E-state index contributed by atoms with van der Waals surface area (Å²) in [6, 6.07) is 19.1. The molecule has 0 atom stereocenters. The van der Waals surface area contributed by atoms with Crippen LogP contribution in [-0.2, 0) is 40.5 Å². The van der Waals surface area contributed by atoms with Crippen LogP contribution in [0.4, 0.5) is 51.2 Å². The van der Waals surface area contributed by atoms with Crippen LogP contribution >= 0.6 is 0 Å². The lowest BCUT2D eigenvalue weighted by atomic mass is 10.0. The number of azo groups is 3. The van der Waals surface area contributed by atoms with Crippen LogP contribution in [0.5, 0.6) is 5.75 Å². The molecule has 11 N–H and O–H groups in total. The monoisotopic (exact) mass is 897 g/mol. The van der Waals surface area contributed by atoms with Gasteiger partial charge in [0.05, 0.1) is 33.8 Å². The van der Waals surface area contributed by atoms with E-state index in [4.69, 9.17) is 17.2 Å². The minimum Gasteiger partial charge on any atom is -0.505 e. The number of nitrogens with zero attached hydrogens (tertiary/aromatic N) is 6. The minimum atomic E-state index is -5.30. The van der Waals surface area contributed by atoms with Crippen molar-refractivity contribution < 1.29 is 57.0 Å². The third-order valence-corrected chi connectivity index (χ3v) is 11.8. The van der Waals surface area contributed by atoms with Crippen molar-refractivity contribution >= 4 is 102 Å². The van der Waals surface area contributed by atoms with Crippen molar-refractivity contribution in [3.05, 3.63) is 97.1 Å². The predicted molar refractivity (Wildman–Crippen MR) is 215 cm³/mol. The zero-order chi connectivity index (χ0) is 43.9. The fourth-order valence-electron chi connectivity index (χ4n) is 5.61. The molecule has 0 aliphatic heterocycles. The third-order valence-electron chi connectivity index (χ3n) is 8.26. The lowest BCUT2D eigenvalue weighted by Gasteiger charge is -2.14. The topological polar surface area (TPSA) is 390 Å². The first-order valence-corrected chi connectivity index (χ1v) is 22.0. The first kappa shape index (κ1) is 42.8. The van der Waals surface area contributed by atoms with E-state index >= 15 is 0 Å². The van der Waals surface area contributed by atoms with Gasteiger partial charge >= 0.3 is 0 Å². The Morgan fingerprint density at radius 3 is 1.42 bits per heavy atom. The van der Waals surface area contributed by atoms with Crippen LogP contribution < -0.4 is 17.2 Å². The lowest BCUT2D eigenvalue weighted by molar-refractivity contribution is 0.472. The molecule has 0 fully saturated rings. The molecule has 0 aromatic heterocycles. The predicted octanol–water partition coefficient (Wildman–Crippen LogP) is 7.19. The number of phenolic OH excluding ortho intramolecular Hbond substituents is 1. The molecule has 0 saturated carbocycles.